The minimum absolute atomic E-state index is 0.0873. The molecule has 0 radical (unpaired) electrons. The van der Waals surface area contributed by atoms with Crippen LogP contribution in [-0.2, 0) is 4.79 Å². The lowest BCUT2D eigenvalue weighted by atomic mass is 9.92. The molecule has 1 fully saturated rings. The van der Waals surface area contributed by atoms with Gasteiger partial charge in [0, 0.05) is 5.69 Å². The highest BCUT2D eigenvalue weighted by molar-refractivity contribution is 6.01. The second-order valence-corrected chi connectivity index (χ2v) is 9.04. The van der Waals surface area contributed by atoms with Gasteiger partial charge in [-0.15, -0.1) is 0 Å². The van der Waals surface area contributed by atoms with Crippen molar-refractivity contribution in [1.82, 2.24) is 0 Å². The van der Waals surface area contributed by atoms with Crippen molar-refractivity contribution in [2.24, 2.45) is 5.92 Å². The molecule has 5 nitrogen and oxygen atoms in total. The minimum Gasteiger partial charge on any atom is -0.493 e. The van der Waals surface area contributed by atoms with E-state index in [4.69, 9.17) is 14.2 Å². The summed E-state index contributed by atoms with van der Waals surface area (Å²) < 4.78 is 16.3. The van der Waals surface area contributed by atoms with Gasteiger partial charge < -0.3 is 19.5 Å². The van der Waals surface area contributed by atoms with E-state index >= 15 is 0 Å². The van der Waals surface area contributed by atoms with Crippen molar-refractivity contribution in [3.05, 3.63) is 59.7 Å². The lowest BCUT2D eigenvalue weighted by Gasteiger charge is -2.15. The van der Waals surface area contributed by atoms with Crippen LogP contribution in [0.25, 0.3) is 12.2 Å². The van der Waals surface area contributed by atoms with Crippen molar-refractivity contribution in [1.29, 1.82) is 0 Å². The molecule has 0 saturated heterocycles. The first-order chi connectivity index (χ1) is 17.1. The van der Waals surface area contributed by atoms with E-state index in [-0.39, 0.29) is 5.91 Å². The maximum absolute atomic E-state index is 12.7. The lowest BCUT2D eigenvalue weighted by Crippen LogP contribution is -2.10. The fourth-order valence-corrected chi connectivity index (χ4v) is 4.57. The molecule has 1 saturated carbocycles. The number of carbonyl (C=O) groups excluding carboxylic acids is 1. The van der Waals surface area contributed by atoms with E-state index < -0.39 is 0 Å². The molecular formula is C30H39NO4. The van der Waals surface area contributed by atoms with E-state index in [0.717, 1.165) is 16.8 Å². The molecule has 188 valence electrons. The number of para-hydroxylation sites is 1. The molecule has 3 rings (SSSR count). The number of anilines is 1. The molecule has 0 spiro atoms. The SMILES string of the molecule is COc1cc(/C=C\c2ccccc2NC(=O)/C=C/C2CCCCCCCCC2)cc(OC)c1OC. The van der Waals surface area contributed by atoms with Crippen molar-refractivity contribution in [2.75, 3.05) is 26.6 Å². The molecule has 0 aliphatic heterocycles. The van der Waals surface area contributed by atoms with Crippen molar-refractivity contribution in [2.45, 2.75) is 57.8 Å². The monoisotopic (exact) mass is 477 g/mol. The minimum atomic E-state index is -0.0873. The van der Waals surface area contributed by atoms with Gasteiger partial charge in [-0.1, -0.05) is 81.4 Å². The van der Waals surface area contributed by atoms with Crippen LogP contribution in [0.5, 0.6) is 17.2 Å². The van der Waals surface area contributed by atoms with Crippen molar-refractivity contribution in [3.63, 3.8) is 0 Å². The smallest absolute Gasteiger partial charge is 0.248 e. The summed E-state index contributed by atoms with van der Waals surface area (Å²) in [4.78, 5) is 12.7. The fourth-order valence-electron chi connectivity index (χ4n) is 4.57. The Morgan fingerprint density at radius 2 is 1.43 bits per heavy atom. The largest absolute Gasteiger partial charge is 0.493 e. The molecule has 0 heterocycles. The average molecular weight is 478 g/mol. The zero-order valence-corrected chi connectivity index (χ0v) is 21.3. The van der Waals surface area contributed by atoms with E-state index in [1.807, 2.05) is 48.6 Å². The molecule has 0 bridgehead atoms. The highest BCUT2D eigenvalue weighted by Crippen LogP contribution is 2.38. The highest BCUT2D eigenvalue weighted by atomic mass is 16.5. The molecular weight excluding hydrogens is 438 g/mol. The van der Waals surface area contributed by atoms with E-state index in [0.29, 0.717) is 23.2 Å². The summed E-state index contributed by atoms with van der Waals surface area (Å²) in [5.41, 5.74) is 2.59. The zero-order valence-electron chi connectivity index (χ0n) is 21.3. The molecule has 0 atom stereocenters. The number of hydrogen-bond acceptors (Lipinski definition) is 4. The number of nitrogens with one attached hydrogen (secondary N) is 1. The number of allylic oxidation sites excluding steroid dienone is 1. The van der Waals surface area contributed by atoms with Crippen LogP contribution in [0.15, 0.2) is 48.6 Å². The molecule has 1 amide bonds. The van der Waals surface area contributed by atoms with Crippen LogP contribution < -0.4 is 19.5 Å². The van der Waals surface area contributed by atoms with Gasteiger partial charge in [0.15, 0.2) is 11.5 Å². The number of methoxy groups -OCH3 is 3. The van der Waals surface area contributed by atoms with Gasteiger partial charge in [0.2, 0.25) is 11.7 Å². The van der Waals surface area contributed by atoms with E-state index in [2.05, 4.69) is 11.4 Å². The van der Waals surface area contributed by atoms with E-state index in [1.165, 1.54) is 57.8 Å². The topological polar surface area (TPSA) is 56.8 Å². The number of rotatable bonds is 8. The van der Waals surface area contributed by atoms with Gasteiger partial charge in [0.1, 0.15) is 0 Å². The predicted molar refractivity (Wildman–Crippen MR) is 144 cm³/mol. The third-order valence-electron chi connectivity index (χ3n) is 6.53. The van der Waals surface area contributed by atoms with Gasteiger partial charge >= 0.3 is 0 Å². The standard InChI is InChI=1S/C30H39NO4/c1-33-27-21-24(22-28(34-2)30(27)35-3)17-19-25-15-11-12-16-26(25)31-29(32)20-18-23-13-9-7-5-4-6-8-10-14-23/h11-12,15-23H,4-10,13-14H2,1-3H3,(H,31,32)/b19-17-,20-18+. The van der Waals surface area contributed by atoms with Gasteiger partial charge in [-0.3, -0.25) is 4.79 Å². The van der Waals surface area contributed by atoms with Crippen LogP contribution in [0.4, 0.5) is 5.69 Å². The van der Waals surface area contributed by atoms with Crippen LogP contribution >= 0.6 is 0 Å². The van der Waals surface area contributed by atoms with E-state index in [9.17, 15) is 4.79 Å². The first kappa shape index (κ1) is 26.4. The Hall–Kier alpha value is -3.21. The quantitative estimate of drug-likeness (QED) is 0.316. The summed E-state index contributed by atoms with van der Waals surface area (Å²) in [5.74, 6) is 2.16. The van der Waals surface area contributed by atoms with E-state index in [1.54, 1.807) is 27.4 Å². The van der Waals surface area contributed by atoms with Crippen LogP contribution in [0, 0.1) is 5.92 Å². The van der Waals surface area contributed by atoms with Gasteiger partial charge in [-0.05, 0) is 54.2 Å². The molecule has 0 aromatic heterocycles. The predicted octanol–water partition coefficient (Wildman–Crippen LogP) is 7.52. The molecule has 2 aromatic rings. The summed E-state index contributed by atoms with van der Waals surface area (Å²) in [6, 6.07) is 11.6. The summed E-state index contributed by atoms with van der Waals surface area (Å²) >= 11 is 0. The highest BCUT2D eigenvalue weighted by Gasteiger charge is 2.12. The molecule has 2 aromatic carbocycles. The second kappa shape index (κ2) is 14.2. The van der Waals surface area contributed by atoms with Crippen molar-refractivity contribution >= 4 is 23.7 Å². The maximum Gasteiger partial charge on any atom is 0.248 e. The Balaban J connectivity index is 1.69. The third kappa shape index (κ3) is 8.20. The molecule has 5 heteroatoms. The summed E-state index contributed by atoms with van der Waals surface area (Å²) in [6.07, 6.45) is 19.3. The third-order valence-corrected chi connectivity index (χ3v) is 6.53. The van der Waals surface area contributed by atoms with Crippen molar-refractivity contribution in [3.8, 4) is 17.2 Å². The summed E-state index contributed by atoms with van der Waals surface area (Å²) in [7, 11) is 4.79. The Kier molecular flexibility index (Phi) is 10.7. The summed E-state index contributed by atoms with van der Waals surface area (Å²) in [6.45, 7) is 0. The molecule has 1 aliphatic carbocycles. The number of amides is 1. The Morgan fingerprint density at radius 1 is 0.829 bits per heavy atom. The number of carbonyl (C=O) groups is 1. The molecule has 1 aliphatic rings. The number of benzene rings is 2. The average Bonchev–Trinajstić information content (AvgIpc) is 2.89. The first-order valence-electron chi connectivity index (χ1n) is 12.7. The first-order valence-corrected chi connectivity index (χ1v) is 12.7. The van der Waals surface area contributed by atoms with Crippen molar-refractivity contribution < 1.29 is 19.0 Å². The Labute approximate surface area is 210 Å². The second-order valence-electron chi connectivity index (χ2n) is 9.04. The lowest BCUT2D eigenvalue weighted by molar-refractivity contribution is -0.111. The Bertz CT molecular complexity index is 976. The van der Waals surface area contributed by atoms with Crippen LogP contribution in [0.3, 0.4) is 0 Å². The molecule has 0 unspecified atom stereocenters. The van der Waals surface area contributed by atoms with Crippen LogP contribution in [0.2, 0.25) is 0 Å². The normalized spacial score (nSPS) is 15.7. The maximum atomic E-state index is 12.7. The van der Waals surface area contributed by atoms with Crippen LogP contribution in [0.1, 0.15) is 68.9 Å². The van der Waals surface area contributed by atoms with Gasteiger partial charge in [-0.25, -0.2) is 0 Å². The fraction of sp³-hybridized carbons (Fsp3) is 0.433. The van der Waals surface area contributed by atoms with Gasteiger partial charge in [0.05, 0.1) is 21.3 Å². The molecule has 35 heavy (non-hydrogen) atoms. The number of ether oxygens (including phenoxy) is 3. The zero-order chi connectivity index (χ0) is 24.9. The Morgan fingerprint density at radius 3 is 2.03 bits per heavy atom. The van der Waals surface area contributed by atoms with Crippen LogP contribution in [-0.4, -0.2) is 27.2 Å². The number of hydrogen-bond donors (Lipinski definition) is 1. The van der Waals surface area contributed by atoms with Gasteiger partial charge in [0.25, 0.3) is 0 Å². The summed E-state index contributed by atoms with van der Waals surface area (Å²) in [5, 5.41) is 3.05. The molecule has 1 N–H and O–H groups in total. The van der Waals surface area contributed by atoms with Gasteiger partial charge in [-0.2, -0.15) is 0 Å².